The third-order valence-electron chi connectivity index (χ3n) is 3.28. The van der Waals surface area contributed by atoms with Crippen molar-refractivity contribution in [2.24, 2.45) is 5.73 Å². The van der Waals surface area contributed by atoms with E-state index in [1.54, 1.807) is 24.3 Å². The number of methoxy groups -OCH3 is 1. The zero-order chi connectivity index (χ0) is 14.8. The van der Waals surface area contributed by atoms with Gasteiger partial charge in [0.2, 0.25) is 10.0 Å². The smallest absolute Gasteiger partial charge is 0.337 e. The summed E-state index contributed by atoms with van der Waals surface area (Å²) in [6.45, 7) is 0.819. The summed E-state index contributed by atoms with van der Waals surface area (Å²) in [6, 6.07) is 6.37. The fourth-order valence-electron chi connectivity index (χ4n) is 2.21. The minimum Gasteiger partial charge on any atom is -0.465 e. The van der Waals surface area contributed by atoms with E-state index in [0.29, 0.717) is 30.6 Å². The van der Waals surface area contributed by atoms with Crippen LogP contribution in [0.1, 0.15) is 22.3 Å². The maximum absolute atomic E-state index is 12.3. The van der Waals surface area contributed by atoms with E-state index in [1.807, 2.05) is 0 Å². The van der Waals surface area contributed by atoms with Gasteiger partial charge in [0.05, 0.1) is 18.4 Å². The number of esters is 1. The maximum Gasteiger partial charge on any atom is 0.337 e. The highest BCUT2D eigenvalue weighted by Crippen LogP contribution is 2.17. The van der Waals surface area contributed by atoms with E-state index in [1.165, 1.54) is 11.4 Å². The van der Waals surface area contributed by atoms with Crippen LogP contribution in [0.3, 0.4) is 0 Å². The lowest BCUT2D eigenvalue weighted by Gasteiger charge is -2.16. The highest BCUT2D eigenvalue weighted by molar-refractivity contribution is 7.88. The molecule has 2 rings (SSSR count). The number of carbonyl (C=O) groups is 1. The molecule has 1 aromatic rings. The van der Waals surface area contributed by atoms with Crippen LogP contribution in [-0.4, -0.2) is 44.9 Å². The molecule has 1 aromatic carbocycles. The number of nitrogens with two attached hydrogens (primary N) is 1. The van der Waals surface area contributed by atoms with E-state index in [4.69, 9.17) is 5.73 Å². The third-order valence-corrected chi connectivity index (χ3v) is 5.09. The molecule has 1 aliphatic rings. The van der Waals surface area contributed by atoms with Crippen LogP contribution in [0.5, 0.6) is 0 Å². The van der Waals surface area contributed by atoms with Crippen molar-refractivity contribution in [2.75, 3.05) is 20.2 Å². The van der Waals surface area contributed by atoms with Crippen molar-refractivity contribution < 1.29 is 17.9 Å². The van der Waals surface area contributed by atoms with E-state index >= 15 is 0 Å². The van der Waals surface area contributed by atoms with Gasteiger partial charge in [-0.25, -0.2) is 17.5 Å². The van der Waals surface area contributed by atoms with Gasteiger partial charge in [0.1, 0.15) is 0 Å². The van der Waals surface area contributed by atoms with Crippen LogP contribution in [0.25, 0.3) is 0 Å². The summed E-state index contributed by atoms with van der Waals surface area (Å²) in [4.78, 5) is 11.4. The number of hydrogen-bond donors (Lipinski definition) is 1. The number of ether oxygens (including phenoxy) is 1. The van der Waals surface area contributed by atoms with Crippen molar-refractivity contribution >= 4 is 28.4 Å². The number of halogens is 1. The summed E-state index contributed by atoms with van der Waals surface area (Å²) in [6.07, 6.45) is 0.682. The molecule has 0 aliphatic carbocycles. The van der Waals surface area contributed by atoms with Crippen molar-refractivity contribution in [3.63, 3.8) is 0 Å². The van der Waals surface area contributed by atoms with Crippen molar-refractivity contribution in [2.45, 2.75) is 18.2 Å². The molecule has 1 atom stereocenters. The summed E-state index contributed by atoms with van der Waals surface area (Å²) >= 11 is 0. The summed E-state index contributed by atoms with van der Waals surface area (Å²) in [7, 11) is -2.10. The fraction of sp³-hybridized carbons (Fsp3) is 0.462. The van der Waals surface area contributed by atoms with Crippen LogP contribution in [0, 0.1) is 0 Å². The molecule has 21 heavy (non-hydrogen) atoms. The predicted molar refractivity (Wildman–Crippen MR) is 81.8 cm³/mol. The van der Waals surface area contributed by atoms with Gasteiger partial charge in [0.15, 0.2) is 0 Å². The second kappa shape index (κ2) is 7.22. The van der Waals surface area contributed by atoms with E-state index < -0.39 is 16.0 Å². The average Bonchev–Trinajstić information content (AvgIpc) is 2.85. The van der Waals surface area contributed by atoms with Crippen LogP contribution in [0.15, 0.2) is 24.3 Å². The number of carbonyl (C=O) groups excluding carboxylic acids is 1. The largest absolute Gasteiger partial charge is 0.465 e. The number of hydrogen-bond acceptors (Lipinski definition) is 5. The van der Waals surface area contributed by atoms with E-state index in [0.717, 1.165) is 0 Å². The molecule has 118 valence electrons. The lowest BCUT2D eigenvalue weighted by molar-refractivity contribution is 0.0600. The molecule has 0 unspecified atom stereocenters. The van der Waals surface area contributed by atoms with Crippen molar-refractivity contribution in [1.82, 2.24) is 4.31 Å². The molecule has 0 spiro atoms. The first-order chi connectivity index (χ1) is 9.42. The molecule has 0 amide bonds. The van der Waals surface area contributed by atoms with Crippen LogP contribution >= 0.6 is 12.4 Å². The van der Waals surface area contributed by atoms with E-state index in [2.05, 4.69) is 4.74 Å². The third kappa shape index (κ3) is 4.41. The lowest BCUT2D eigenvalue weighted by Crippen LogP contribution is -2.32. The zero-order valence-corrected chi connectivity index (χ0v) is 13.3. The van der Waals surface area contributed by atoms with Crippen LogP contribution in [-0.2, 0) is 20.5 Å². The van der Waals surface area contributed by atoms with Crippen LogP contribution in [0.2, 0.25) is 0 Å². The highest BCUT2D eigenvalue weighted by Gasteiger charge is 2.29. The number of benzene rings is 1. The van der Waals surface area contributed by atoms with Crippen molar-refractivity contribution in [3.05, 3.63) is 35.4 Å². The molecule has 0 radical (unpaired) electrons. The molecule has 0 bridgehead atoms. The first kappa shape index (κ1) is 17.9. The molecule has 6 nitrogen and oxygen atoms in total. The Morgan fingerprint density at radius 1 is 1.48 bits per heavy atom. The Balaban J connectivity index is 0.00000220. The molecule has 0 aromatic heterocycles. The van der Waals surface area contributed by atoms with Crippen LogP contribution < -0.4 is 5.73 Å². The summed E-state index contributed by atoms with van der Waals surface area (Å²) in [5.41, 5.74) is 6.64. The van der Waals surface area contributed by atoms with Gasteiger partial charge in [0, 0.05) is 19.1 Å². The Morgan fingerprint density at radius 3 is 2.76 bits per heavy atom. The Bertz CT molecular complexity index is 606. The Labute approximate surface area is 130 Å². The van der Waals surface area contributed by atoms with E-state index in [-0.39, 0.29) is 24.2 Å². The average molecular weight is 335 g/mol. The van der Waals surface area contributed by atoms with Gasteiger partial charge in [-0.15, -0.1) is 12.4 Å². The minimum absolute atomic E-state index is 0. The Morgan fingerprint density at radius 2 is 2.19 bits per heavy atom. The molecule has 1 aliphatic heterocycles. The molecular formula is C13H19ClN2O4S. The SMILES string of the molecule is COC(=O)c1cccc(CS(=O)(=O)N2CC[C@@H](N)C2)c1.Cl. The molecule has 1 fully saturated rings. The highest BCUT2D eigenvalue weighted by atomic mass is 35.5. The second-order valence-corrected chi connectivity index (χ2v) is 6.82. The Kier molecular flexibility index (Phi) is 6.15. The molecule has 0 saturated carbocycles. The van der Waals surface area contributed by atoms with Gasteiger partial charge in [-0.1, -0.05) is 12.1 Å². The Hall–Kier alpha value is -1.15. The van der Waals surface area contributed by atoms with Gasteiger partial charge in [-0.05, 0) is 24.1 Å². The summed E-state index contributed by atoms with van der Waals surface area (Å²) in [5.74, 6) is -0.614. The van der Waals surface area contributed by atoms with Gasteiger partial charge >= 0.3 is 5.97 Å². The fourth-order valence-corrected chi connectivity index (χ4v) is 3.80. The molecule has 2 N–H and O–H groups in total. The minimum atomic E-state index is -3.39. The molecular weight excluding hydrogens is 316 g/mol. The first-order valence-electron chi connectivity index (χ1n) is 6.33. The molecule has 1 saturated heterocycles. The van der Waals surface area contributed by atoms with Gasteiger partial charge in [-0.2, -0.15) is 0 Å². The summed E-state index contributed by atoms with van der Waals surface area (Å²) < 4.78 is 30.5. The van der Waals surface area contributed by atoms with E-state index in [9.17, 15) is 13.2 Å². The first-order valence-corrected chi connectivity index (χ1v) is 7.94. The van der Waals surface area contributed by atoms with Gasteiger partial charge < -0.3 is 10.5 Å². The van der Waals surface area contributed by atoms with Crippen LogP contribution in [0.4, 0.5) is 0 Å². The second-order valence-electron chi connectivity index (χ2n) is 4.85. The van der Waals surface area contributed by atoms with Gasteiger partial charge in [-0.3, -0.25) is 0 Å². The maximum atomic E-state index is 12.3. The quantitative estimate of drug-likeness (QED) is 0.821. The zero-order valence-electron chi connectivity index (χ0n) is 11.7. The standard InChI is InChI=1S/C13H18N2O4S.ClH/c1-19-13(16)11-4-2-3-10(7-11)9-20(17,18)15-6-5-12(14)8-15;/h2-4,7,12H,5-6,8-9,14H2,1H3;1H/t12-;/m1./s1. The monoisotopic (exact) mass is 334 g/mol. The van der Waals surface area contributed by atoms with Crippen molar-refractivity contribution in [1.29, 1.82) is 0 Å². The lowest BCUT2D eigenvalue weighted by atomic mass is 10.1. The number of nitrogens with zero attached hydrogens (tertiary/aromatic N) is 1. The molecule has 1 heterocycles. The normalized spacial score (nSPS) is 19.0. The van der Waals surface area contributed by atoms with Gasteiger partial charge in [0.25, 0.3) is 0 Å². The predicted octanol–water partition coefficient (Wildman–Crippen LogP) is 0.758. The molecule has 8 heteroatoms. The van der Waals surface area contributed by atoms with Crippen molar-refractivity contribution in [3.8, 4) is 0 Å². The number of rotatable bonds is 4. The number of sulfonamides is 1. The summed E-state index contributed by atoms with van der Waals surface area (Å²) in [5, 5.41) is 0. The topological polar surface area (TPSA) is 89.7 Å².